The fourth-order valence-electron chi connectivity index (χ4n) is 2.58. The summed E-state index contributed by atoms with van der Waals surface area (Å²) in [5, 5.41) is 0.646. The molecular weight excluding hydrogens is 366 g/mol. The van der Waals surface area contributed by atoms with E-state index in [0.717, 1.165) is 18.1 Å². The van der Waals surface area contributed by atoms with Crippen LogP contribution in [0.5, 0.6) is 5.75 Å². The number of benzene rings is 2. The predicted molar refractivity (Wildman–Crippen MR) is 90.7 cm³/mol. The highest BCUT2D eigenvalue weighted by molar-refractivity contribution is 7.87. The Morgan fingerprint density at radius 2 is 1.85 bits per heavy atom. The van der Waals surface area contributed by atoms with E-state index < -0.39 is 32.3 Å². The first-order chi connectivity index (χ1) is 12.3. The van der Waals surface area contributed by atoms with Gasteiger partial charge in [-0.1, -0.05) is 13.3 Å². The number of halogens is 2. The second-order valence-electron chi connectivity index (χ2n) is 5.61. The summed E-state index contributed by atoms with van der Waals surface area (Å²) in [6, 6.07) is 7.55. The van der Waals surface area contributed by atoms with Gasteiger partial charge in [0.25, 0.3) is 0 Å². The quantitative estimate of drug-likeness (QED) is 0.497. The largest absolute Gasteiger partial charge is 0.423 e. The van der Waals surface area contributed by atoms with Gasteiger partial charge < -0.3 is 8.60 Å². The highest BCUT2D eigenvalue weighted by Gasteiger charge is 2.23. The average molecular weight is 380 g/mol. The summed E-state index contributed by atoms with van der Waals surface area (Å²) in [4.78, 5) is 10.7. The summed E-state index contributed by atoms with van der Waals surface area (Å²) >= 11 is 0. The van der Waals surface area contributed by atoms with Crippen molar-refractivity contribution in [2.75, 3.05) is 0 Å². The van der Waals surface area contributed by atoms with E-state index in [1.807, 2.05) is 6.92 Å². The molecule has 5 nitrogen and oxygen atoms in total. The van der Waals surface area contributed by atoms with Crippen LogP contribution in [0.15, 0.2) is 56.6 Å². The lowest BCUT2D eigenvalue weighted by Gasteiger charge is -2.09. The smallest absolute Gasteiger partial charge is 0.342 e. The van der Waals surface area contributed by atoms with Crippen molar-refractivity contribution >= 4 is 21.1 Å². The zero-order valence-electron chi connectivity index (χ0n) is 13.7. The first kappa shape index (κ1) is 18.1. The van der Waals surface area contributed by atoms with Crippen molar-refractivity contribution in [3.8, 4) is 5.75 Å². The molecule has 3 rings (SSSR count). The summed E-state index contributed by atoms with van der Waals surface area (Å²) in [6.45, 7) is 1.96. The van der Waals surface area contributed by atoms with Crippen LogP contribution in [-0.2, 0) is 16.5 Å². The lowest BCUT2D eigenvalue weighted by Crippen LogP contribution is -2.12. The van der Waals surface area contributed by atoms with Crippen molar-refractivity contribution in [3.63, 3.8) is 0 Å². The van der Waals surface area contributed by atoms with Crippen LogP contribution in [0, 0.1) is 11.6 Å². The number of fused-ring (bicyclic) bond motifs is 1. The van der Waals surface area contributed by atoms with Gasteiger partial charge in [-0.25, -0.2) is 13.6 Å². The van der Waals surface area contributed by atoms with Gasteiger partial charge >= 0.3 is 15.7 Å². The Kier molecular flexibility index (Phi) is 4.78. The van der Waals surface area contributed by atoms with E-state index in [0.29, 0.717) is 23.9 Å². The molecule has 0 aliphatic rings. The van der Waals surface area contributed by atoms with Gasteiger partial charge in [0.05, 0.1) is 0 Å². The zero-order chi connectivity index (χ0) is 18.9. The number of hydrogen-bond donors (Lipinski definition) is 0. The van der Waals surface area contributed by atoms with Crippen LogP contribution in [0.25, 0.3) is 11.0 Å². The molecule has 0 N–H and O–H groups in total. The van der Waals surface area contributed by atoms with Gasteiger partial charge in [-0.3, -0.25) is 0 Å². The summed E-state index contributed by atoms with van der Waals surface area (Å²) < 4.78 is 61.4. The molecule has 26 heavy (non-hydrogen) atoms. The molecule has 0 atom stereocenters. The van der Waals surface area contributed by atoms with Gasteiger partial charge in [-0.15, -0.1) is 0 Å². The molecule has 0 spiro atoms. The molecule has 0 saturated carbocycles. The Bertz CT molecular complexity index is 1140. The molecule has 0 aliphatic carbocycles. The maximum atomic E-state index is 13.7. The molecule has 0 saturated heterocycles. The Hall–Kier alpha value is -2.74. The fourth-order valence-corrected chi connectivity index (χ4v) is 3.59. The lowest BCUT2D eigenvalue weighted by atomic mass is 10.1. The first-order valence-electron chi connectivity index (χ1n) is 7.76. The highest BCUT2D eigenvalue weighted by atomic mass is 32.2. The molecule has 0 radical (unpaired) electrons. The Labute approximate surface area is 148 Å². The van der Waals surface area contributed by atoms with Gasteiger partial charge in [-0.05, 0) is 42.3 Å². The van der Waals surface area contributed by atoms with Crippen molar-refractivity contribution in [2.24, 2.45) is 0 Å². The molecule has 0 amide bonds. The maximum Gasteiger partial charge on any atom is 0.342 e. The zero-order valence-corrected chi connectivity index (χ0v) is 14.5. The number of aryl methyl sites for hydroxylation is 1. The minimum absolute atomic E-state index is 0.147. The molecule has 1 aromatic heterocycles. The Morgan fingerprint density at radius 1 is 1.08 bits per heavy atom. The van der Waals surface area contributed by atoms with Crippen molar-refractivity contribution in [1.82, 2.24) is 0 Å². The molecule has 1 heterocycles. The molecule has 0 bridgehead atoms. The second-order valence-corrected chi connectivity index (χ2v) is 7.13. The Morgan fingerprint density at radius 3 is 2.58 bits per heavy atom. The highest BCUT2D eigenvalue weighted by Crippen LogP contribution is 2.26. The van der Waals surface area contributed by atoms with Crippen LogP contribution in [0.2, 0.25) is 0 Å². The van der Waals surface area contributed by atoms with Crippen LogP contribution in [-0.4, -0.2) is 8.42 Å². The van der Waals surface area contributed by atoms with Gasteiger partial charge in [0.1, 0.15) is 27.9 Å². The van der Waals surface area contributed by atoms with Gasteiger partial charge in [0, 0.05) is 17.5 Å². The van der Waals surface area contributed by atoms with E-state index in [1.165, 1.54) is 18.2 Å². The topological polar surface area (TPSA) is 73.6 Å². The van der Waals surface area contributed by atoms with Gasteiger partial charge in [0.2, 0.25) is 0 Å². The Balaban J connectivity index is 2.03. The lowest BCUT2D eigenvalue weighted by molar-refractivity contribution is 0.473. The molecule has 8 heteroatoms. The minimum atomic E-state index is -4.60. The summed E-state index contributed by atoms with van der Waals surface area (Å²) in [6.07, 6.45) is 1.46. The van der Waals surface area contributed by atoms with Crippen molar-refractivity contribution in [1.29, 1.82) is 0 Å². The third-order valence-corrected chi connectivity index (χ3v) is 4.95. The molecule has 2 aromatic carbocycles. The SMILES string of the molecule is CCCc1cc(=O)oc2cc(OS(=O)(=O)c3cc(F)ccc3F)ccc12. The molecule has 0 unspecified atom stereocenters. The molecular formula is C18H14F2O5S. The summed E-state index contributed by atoms with van der Waals surface area (Å²) in [5.74, 6) is -2.23. The number of rotatable bonds is 5. The monoisotopic (exact) mass is 380 g/mol. The van der Waals surface area contributed by atoms with Gasteiger partial charge in [-0.2, -0.15) is 8.42 Å². The van der Waals surface area contributed by atoms with Crippen molar-refractivity contribution < 1.29 is 25.8 Å². The van der Waals surface area contributed by atoms with E-state index in [2.05, 4.69) is 0 Å². The van der Waals surface area contributed by atoms with E-state index >= 15 is 0 Å². The van der Waals surface area contributed by atoms with E-state index in [4.69, 9.17) is 8.60 Å². The molecule has 0 aliphatic heterocycles. The first-order valence-corrected chi connectivity index (χ1v) is 9.17. The molecule has 0 fully saturated rings. The second kappa shape index (κ2) is 6.87. The van der Waals surface area contributed by atoms with Crippen LogP contribution >= 0.6 is 0 Å². The van der Waals surface area contributed by atoms with E-state index in [-0.39, 0.29) is 11.3 Å². The fraction of sp³-hybridized carbons (Fsp3) is 0.167. The van der Waals surface area contributed by atoms with E-state index in [9.17, 15) is 22.0 Å². The summed E-state index contributed by atoms with van der Waals surface area (Å²) in [5.41, 5.74) is 0.342. The van der Waals surface area contributed by atoms with Crippen LogP contribution in [0.4, 0.5) is 8.78 Å². The third kappa shape index (κ3) is 3.60. The standard InChI is InChI=1S/C18H14F2O5S/c1-2-3-11-8-18(21)24-16-10-13(5-6-14(11)16)25-26(22,23)17-9-12(19)4-7-15(17)20/h4-10H,2-3H2,1H3. The number of hydrogen-bond acceptors (Lipinski definition) is 5. The van der Waals surface area contributed by atoms with Crippen LogP contribution in [0.1, 0.15) is 18.9 Å². The van der Waals surface area contributed by atoms with Gasteiger partial charge in [0.15, 0.2) is 0 Å². The predicted octanol–water partition coefficient (Wildman–Crippen LogP) is 3.79. The van der Waals surface area contributed by atoms with E-state index in [1.54, 1.807) is 6.07 Å². The normalized spacial score (nSPS) is 11.7. The third-order valence-electron chi connectivity index (χ3n) is 3.69. The van der Waals surface area contributed by atoms with Crippen molar-refractivity contribution in [2.45, 2.75) is 24.7 Å². The molecule has 136 valence electrons. The average Bonchev–Trinajstić information content (AvgIpc) is 2.56. The maximum absolute atomic E-state index is 13.7. The van der Waals surface area contributed by atoms with Crippen LogP contribution in [0.3, 0.4) is 0 Å². The van der Waals surface area contributed by atoms with Crippen molar-refractivity contribution in [3.05, 3.63) is 70.1 Å². The molecule has 3 aromatic rings. The summed E-state index contributed by atoms with van der Waals surface area (Å²) in [7, 11) is -4.60. The van der Waals surface area contributed by atoms with Crippen LogP contribution < -0.4 is 9.81 Å². The minimum Gasteiger partial charge on any atom is -0.423 e.